The molecular weight excluding hydrogens is 264 g/mol. The minimum atomic E-state index is -0.557. The van der Waals surface area contributed by atoms with E-state index in [1.807, 2.05) is 12.3 Å². The average Bonchev–Trinajstić information content (AvgIpc) is 2.85. The standard InChI is InChI=1S/C12H20N4O2S/c1-9-8-19-12(14-9)16-5-3-15(4-6-16)11(17)10(13)7-18-2/h8,10H,3-7,13H2,1-2H3. The maximum absolute atomic E-state index is 12.0. The molecule has 106 valence electrons. The Kier molecular flexibility index (Phi) is 4.73. The van der Waals surface area contributed by atoms with Crippen LogP contribution in [0.4, 0.5) is 5.13 Å². The number of methoxy groups -OCH3 is 1. The number of aryl methyl sites for hydroxylation is 1. The molecule has 1 atom stereocenters. The van der Waals surface area contributed by atoms with E-state index < -0.39 is 6.04 Å². The maximum Gasteiger partial charge on any atom is 0.241 e. The van der Waals surface area contributed by atoms with Crippen LogP contribution in [-0.2, 0) is 9.53 Å². The van der Waals surface area contributed by atoms with E-state index in [1.54, 1.807) is 23.3 Å². The first kappa shape index (κ1) is 14.2. The van der Waals surface area contributed by atoms with Crippen LogP contribution < -0.4 is 10.6 Å². The van der Waals surface area contributed by atoms with Crippen LogP contribution >= 0.6 is 11.3 Å². The van der Waals surface area contributed by atoms with Crippen molar-refractivity contribution in [3.8, 4) is 0 Å². The number of thiazole rings is 1. The van der Waals surface area contributed by atoms with Gasteiger partial charge in [0.1, 0.15) is 6.04 Å². The lowest BCUT2D eigenvalue weighted by Gasteiger charge is -2.35. The lowest BCUT2D eigenvalue weighted by atomic mass is 10.2. The summed E-state index contributed by atoms with van der Waals surface area (Å²) in [5.41, 5.74) is 6.81. The molecule has 2 rings (SSSR count). The highest BCUT2D eigenvalue weighted by molar-refractivity contribution is 7.13. The fourth-order valence-corrected chi connectivity index (χ4v) is 2.95. The Morgan fingerprint density at radius 2 is 2.21 bits per heavy atom. The van der Waals surface area contributed by atoms with Gasteiger partial charge in [-0.2, -0.15) is 0 Å². The molecule has 6 nitrogen and oxygen atoms in total. The van der Waals surface area contributed by atoms with E-state index in [2.05, 4.69) is 9.88 Å². The first-order valence-corrected chi connectivity index (χ1v) is 7.20. The summed E-state index contributed by atoms with van der Waals surface area (Å²) >= 11 is 1.65. The summed E-state index contributed by atoms with van der Waals surface area (Å²) in [6.07, 6.45) is 0. The van der Waals surface area contributed by atoms with Crippen LogP contribution in [0.3, 0.4) is 0 Å². The molecule has 0 saturated carbocycles. The summed E-state index contributed by atoms with van der Waals surface area (Å²) < 4.78 is 4.92. The number of carbonyl (C=O) groups excluding carboxylic acids is 1. The predicted molar refractivity (Wildman–Crippen MR) is 75.5 cm³/mol. The molecule has 1 aromatic heterocycles. The van der Waals surface area contributed by atoms with Crippen molar-refractivity contribution in [2.75, 3.05) is 44.8 Å². The van der Waals surface area contributed by atoms with Crippen molar-refractivity contribution in [1.29, 1.82) is 0 Å². The summed E-state index contributed by atoms with van der Waals surface area (Å²) in [6.45, 7) is 5.24. The number of hydrogen-bond donors (Lipinski definition) is 1. The highest BCUT2D eigenvalue weighted by Gasteiger charge is 2.26. The highest BCUT2D eigenvalue weighted by Crippen LogP contribution is 2.21. The number of amides is 1. The van der Waals surface area contributed by atoms with Crippen LogP contribution in [0, 0.1) is 6.92 Å². The molecule has 7 heteroatoms. The second-order valence-electron chi connectivity index (χ2n) is 4.65. The predicted octanol–water partition coefficient (Wildman–Crippen LogP) is 0.0738. The van der Waals surface area contributed by atoms with Crippen molar-refractivity contribution in [3.63, 3.8) is 0 Å². The van der Waals surface area contributed by atoms with Gasteiger partial charge in [0, 0.05) is 38.7 Å². The van der Waals surface area contributed by atoms with Crippen molar-refractivity contribution in [2.24, 2.45) is 5.73 Å². The van der Waals surface area contributed by atoms with E-state index in [0.29, 0.717) is 13.1 Å². The van der Waals surface area contributed by atoms with Gasteiger partial charge in [-0.05, 0) is 6.92 Å². The largest absolute Gasteiger partial charge is 0.383 e. The maximum atomic E-state index is 12.0. The summed E-state index contributed by atoms with van der Waals surface area (Å²) in [5, 5.41) is 3.08. The summed E-state index contributed by atoms with van der Waals surface area (Å²) in [5.74, 6) is -0.0307. The van der Waals surface area contributed by atoms with Crippen LogP contribution in [0.5, 0.6) is 0 Å². The summed E-state index contributed by atoms with van der Waals surface area (Å²) in [7, 11) is 1.55. The molecule has 0 radical (unpaired) electrons. The molecule has 1 saturated heterocycles. The van der Waals surface area contributed by atoms with Gasteiger partial charge >= 0.3 is 0 Å². The molecule has 1 amide bonds. The molecule has 0 spiro atoms. The first-order valence-electron chi connectivity index (χ1n) is 6.32. The third-order valence-corrected chi connectivity index (χ3v) is 4.15. The zero-order chi connectivity index (χ0) is 13.8. The highest BCUT2D eigenvalue weighted by atomic mass is 32.1. The molecule has 1 unspecified atom stereocenters. The monoisotopic (exact) mass is 284 g/mol. The quantitative estimate of drug-likeness (QED) is 0.847. The van der Waals surface area contributed by atoms with Gasteiger partial charge in [-0.15, -0.1) is 11.3 Å². The number of ether oxygens (including phenoxy) is 1. The Bertz CT molecular complexity index is 429. The molecule has 0 aromatic carbocycles. The number of aromatic nitrogens is 1. The van der Waals surface area contributed by atoms with Crippen LogP contribution in [0.25, 0.3) is 0 Å². The van der Waals surface area contributed by atoms with E-state index in [4.69, 9.17) is 10.5 Å². The molecule has 2 N–H and O–H groups in total. The van der Waals surface area contributed by atoms with Crippen LogP contribution in [0.2, 0.25) is 0 Å². The molecule has 1 fully saturated rings. The average molecular weight is 284 g/mol. The van der Waals surface area contributed by atoms with Gasteiger partial charge < -0.3 is 20.3 Å². The number of piperazine rings is 1. The Labute approximate surface area is 117 Å². The van der Waals surface area contributed by atoms with Gasteiger partial charge in [0.25, 0.3) is 0 Å². The van der Waals surface area contributed by atoms with Crippen LogP contribution in [0.15, 0.2) is 5.38 Å². The SMILES string of the molecule is COCC(N)C(=O)N1CCN(c2nc(C)cs2)CC1. The van der Waals surface area contributed by atoms with Crippen molar-refractivity contribution in [3.05, 3.63) is 11.1 Å². The fraction of sp³-hybridized carbons (Fsp3) is 0.667. The number of nitrogens with zero attached hydrogens (tertiary/aromatic N) is 3. The summed E-state index contributed by atoms with van der Waals surface area (Å²) in [4.78, 5) is 20.5. The molecule has 1 aliphatic heterocycles. The van der Waals surface area contributed by atoms with E-state index in [9.17, 15) is 4.79 Å². The minimum absolute atomic E-state index is 0.0307. The Morgan fingerprint density at radius 3 is 2.74 bits per heavy atom. The molecule has 2 heterocycles. The van der Waals surface area contributed by atoms with Gasteiger partial charge in [-0.3, -0.25) is 4.79 Å². The number of rotatable bonds is 4. The smallest absolute Gasteiger partial charge is 0.241 e. The Balaban J connectivity index is 1.87. The molecule has 0 bridgehead atoms. The van der Waals surface area contributed by atoms with Crippen LogP contribution in [0.1, 0.15) is 5.69 Å². The van der Waals surface area contributed by atoms with Crippen molar-refractivity contribution < 1.29 is 9.53 Å². The van der Waals surface area contributed by atoms with Gasteiger partial charge in [0.15, 0.2) is 5.13 Å². The molecule has 19 heavy (non-hydrogen) atoms. The topological polar surface area (TPSA) is 71.7 Å². The Morgan fingerprint density at radius 1 is 1.53 bits per heavy atom. The van der Waals surface area contributed by atoms with Gasteiger partial charge in [-0.25, -0.2) is 4.98 Å². The zero-order valence-corrected chi connectivity index (χ0v) is 12.2. The lowest BCUT2D eigenvalue weighted by molar-refractivity contribution is -0.134. The van der Waals surface area contributed by atoms with Gasteiger partial charge in [0.2, 0.25) is 5.91 Å². The van der Waals surface area contributed by atoms with E-state index >= 15 is 0 Å². The number of hydrogen-bond acceptors (Lipinski definition) is 6. The molecule has 1 aliphatic rings. The van der Waals surface area contributed by atoms with E-state index in [0.717, 1.165) is 23.9 Å². The van der Waals surface area contributed by atoms with Crippen molar-refractivity contribution in [1.82, 2.24) is 9.88 Å². The first-order chi connectivity index (χ1) is 9.11. The van der Waals surface area contributed by atoms with Gasteiger partial charge in [0.05, 0.1) is 12.3 Å². The van der Waals surface area contributed by atoms with E-state index in [1.165, 1.54) is 0 Å². The lowest BCUT2D eigenvalue weighted by Crippen LogP contribution is -2.54. The molecular formula is C12H20N4O2S. The fourth-order valence-electron chi connectivity index (χ4n) is 2.09. The Hall–Kier alpha value is -1.18. The second-order valence-corrected chi connectivity index (χ2v) is 5.48. The molecule has 1 aromatic rings. The van der Waals surface area contributed by atoms with E-state index in [-0.39, 0.29) is 12.5 Å². The minimum Gasteiger partial charge on any atom is -0.383 e. The van der Waals surface area contributed by atoms with Gasteiger partial charge in [-0.1, -0.05) is 0 Å². The zero-order valence-electron chi connectivity index (χ0n) is 11.3. The third-order valence-electron chi connectivity index (χ3n) is 3.13. The van der Waals surface area contributed by atoms with Crippen molar-refractivity contribution in [2.45, 2.75) is 13.0 Å². The summed E-state index contributed by atoms with van der Waals surface area (Å²) in [6, 6.07) is -0.557. The second kappa shape index (κ2) is 6.31. The number of anilines is 1. The number of nitrogens with two attached hydrogens (primary N) is 1. The van der Waals surface area contributed by atoms with Crippen LogP contribution in [-0.4, -0.2) is 61.7 Å². The molecule has 0 aliphatic carbocycles. The number of carbonyl (C=O) groups is 1. The van der Waals surface area contributed by atoms with Crippen molar-refractivity contribution >= 4 is 22.4 Å². The normalized spacial score (nSPS) is 17.6. The third kappa shape index (κ3) is 3.43.